The maximum absolute atomic E-state index is 5.59. The van der Waals surface area contributed by atoms with Gasteiger partial charge in [-0.1, -0.05) is 20.8 Å². The van der Waals surface area contributed by atoms with Crippen LogP contribution < -0.4 is 11.6 Å². The van der Waals surface area contributed by atoms with Gasteiger partial charge in [-0.15, -0.1) is 0 Å². The summed E-state index contributed by atoms with van der Waals surface area (Å²) >= 11 is 0. The molecule has 4 N–H and O–H groups in total. The van der Waals surface area contributed by atoms with Crippen LogP contribution in [0.3, 0.4) is 0 Å². The van der Waals surface area contributed by atoms with Gasteiger partial charge in [0.25, 0.3) is 0 Å². The van der Waals surface area contributed by atoms with Gasteiger partial charge in [-0.2, -0.15) is 5.10 Å². The van der Waals surface area contributed by atoms with Crippen molar-refractivity contribution in [3.05, 3.63) is 0 Å². The number of hydrogen-bond acceptors (Lipinski definition) is 3. The number of hydrogen-bond donors (Lipinski definition) is 2. The molecule has 0 saturated heterocycles. The topological polar surface area (TPSA) is 73.6 Å². The lowest BCUT2D eigenvalue weighted by molar-refractivity contribution is 0.0353. The first-order valence-corrected chi connectivity index (χ1v) is 4.08. The highest BCUT2D eigenvalue weighted by molar-refractivity contribution is 5.85. The number of amidine groups is 1. The summed E-state index contributed by atoms with van der Waals surface area (Å²) in [6.07, 6.45) is -0.201. The Kier molecular flexibility index (Phi) is 4.03. The number of hydrazone groups is 1. The molecule has 1 atom stereocenters. The van der Waals surface area contributed by atoms with Crippen LogP contribution in [0.4, 0.5) is 0 Å². The van der Waals surface area contributed by atoms with Crippen molar-refractivity contribution in [3.63, 3.8) is 0 Å². The number of nitrogens with two attached hydrogens (primary N) is 2. The molecular formula is C8H19N3O. The number of rotatable bonds is 3. The minimum atomic E-state index is -0.201. The molecule has 0 radical (unpaired) electrons. The zero-order valence-corrected chi connectivity index (χ0v) is 8.29. The van der Waals surface area contributed by atoms with E-state index in [1.807, 2.05) is 27.7 Å². The van der Waals surface area contributed by atoms with Crippen molar-refractivity contribution in [2.75, 3.05) is 6.61 Å². The molecule has 0 saturated carbocycles. The third-order valence-electron chi connectivity index (χ3n) is 1.54. The molecule has 0 amide bonds. The largest absolute Gasteiger partial charge is 0.384 e. The summed E-state index contributed by atoms with van der Waals surface area (Å²) in [6, 6.07) is 0. The fraction of sp³-hybridized carbons (Fsp3) is 0.875. The van der Waals surface area contributed by atoms with Crippen molar-refractivity contribution >= 4 is 5.84 Å². The Morgan fingerprint density at radius 3 is 2.25 bits per heavy atom. The zero-order valence-electron chi connectivity index (χ0n) is 8.29. The predicted octanol–water partition coefficient (Wildman–Crippen LogP) is 0.668. The SMILES string of the molecule is CCOC(C(N)=NN)C(C)(C)C. The van der Waals surface area contributed by atoms with Crippen LogP contribution in [0.15, 0.2) is 5.10 Å². The molecule has 0 aromatic heterocycles. The van der Waals surface area contributed by atoms with Crippen LogP contribution in [0.5, 0.6) is 0 Å². The van der Waals surface area contributed by atoms with Gasteiger partial charge >= 0.3 is 0 Å². The molecule has 4 nitrogen and oxygen atoms in total. The third-order valence-corrected chi connectivity index (χ3v) is 1.54. The maximum atomic E-state index is 5.59. The Hall–Kier alpha value is -0.770. The predicted molar refractivity (Wildman–Crippen MR) is 50.7 cm³/mol. The lowest BCUT2D eigenvalue weighted by Crippen LogP contribution is -2.42. The van der Waals surface area contributed by atoms with Gasteiger partial charge in [0.1, 0.15) is 11.9 Å². The number of ether oxygens (including phenoxy) is 1. The van der Waals surface area contributed by atoms with Gasteiger partial charge in [-0.3, -0.25) is 0 Å². The quantitative estimate of drug-likeness (QED) is 0.285. The fourth-order valence-corrected chi connectivity index (χ4v) is 1.01. The molecule has 0 bridgehead atoms. The van der Waals surface area contributed by atoms with Crippen LogP contribution >= 0.6 is 0 Å². The molecule has 1 unspecified atom stereocenters. The van der Waals surface area contributed by atoms with Crippen molar-refractivity contribution in [2.45, 2.75) is 33.8 Å². The summed E-state index contributed by atoms with van der Waals surface area (Å²) in [6.45, 7) is 8.63. The molecular weight excluding hydrogens is 154 g/mol. The van der Waals surface area contributed by atoms with Gasteiger partial charge in [0.15, 0.2) is 0 Å². The van der Waals surface area contributed by atoms with E-state index in [1.165, 1.54) is 0 Å². The molecule has 0 aromatic carbocycles. The van der Waals surface area contributed by atoms with Gasteiger partial charge in [0.2, 0.25) is 0 Å². The van der Waals surface area contributed by atoms with Gasteiger partial charge in [-0.05, 0) is 12.3 Å². The molecule has 0 spiro atoms. The molecule has 12 heavy (non-hydrogen) atoms. The third kappa shape index (κ3) is 3.09. The summed E-state index contributed by atoms with van der Waals surface area (Å²) in [5, 5.41) is 3.44. The molecule has 0 heterocycles. The van der Waals surface area contributed by atoms with Crippen LogP contribution in [0, 0.1) is 5.41 Å². The summed E-state index contributed by atoms with van der Waals surface area (Å²) in [7, 11) is 0. The minimum Gasteiger partial charge on any atom is -0.384 e. The van der Waals surface area contributed by atoms with E-state index in [4.69, 9.17) is 16.3 Å². The first-order valence-electron chi connectivity index (χ1n) is 4.08. The average Bonchev–Trinajstić information content (AvgIpc) is 1.96. The Labute approximate surface area is 74.0 Å². The standard InChI is InChI=1S/C8H19N3O/c1-5-12-6(7(9)11-10)8(2,3)4/h6H,5,10H2,1-4H3,(H2,9,11). The van der Waals surface area contributed by atoms with Crippen molar-refractivity contribution in [3.8, 4) is 0 Å². The summed E-state index contributed by atoms with van der Waals surface area (Å²) in [4.78, 5) is 0. The number of nitrogens with zero attached hydrogens (tertiary/aromatic N) is 1. The van der Waals surface area contributed by atoms with Crippen LogP contribution in [0.2, 0.25) is 0 Å². The molecule has 0 aliphatic carbocycles. The monoisotopic (exact) mass is 173 g/mol. The summed E-state index contributed by atoms with van der Waals surface area (Å²) in [5.74, 6) is 5.43. The molecule has 0 rings (SSSR count). The van der Waals surface area contributed by atoms with E-state index in [0.717, 1.165) is 0 Å². The van der Waals surface area contributed by atoms with Crippen molar-refractivity contribution in [1.29, 1.82) is 0 Å². The van der Waals surface area contributed by atoms with Crippen molar-refractivity contribution in [1.82, 2.24) is 0 Å². The first kappa shape index (κ1) is 11.2. The normalized spacial score (nSPS) is 16.2. The second-order valence-electron chi connectivity index (χ2n) is 3.76. The Morgan fingerprint density at radius 2 is 2.00 bits per heavy atom. The second-order valence-corrected chi connectivity index (χ2v) is 3.76. The van der Waals surface area contributed by atoms with Crippen molar-refractivity contribution in [2.24, 2.45) is 22.1 Å². The lowest BCUT2D eigenvalue weighted by atomic mass is 9.88. The van der Waals surface area contributed by atoms with Gasteiger partial charge in [0, 0.05) is 6.61 Å². The van der Waals surface area contributed by atoms with E-state index in [-0.39, 0.29) is 11.5 Å². The Balaban J connectivity index is 4.44. The van der Waals surface area contributed by atoms with Crippen molar-refractivity contribution < 1.29 is 4.74 Å². The second kappa shape index (κ2) is 4.30. The van der Waals surface area contributed by atoms with E-state index in [2.05, 4.69) is 5.10 Å². The molecule has 0 fully saturated rings. The van der Waals surface area contributed by atoms with Crippen LogP contribution in [0.1, 0.15) is 27.7 Å². The summed E-state index contributed by atoms with van der Waals surface area (Å²) in [5.41, 5.74) is 5.52. The minimum absolute atomic E-state index is 0.0665. The van der Waals surface area contributed by atoms with Gasteiger partial charge in [0.05, 0.1) is 0 Å². The molecule has 0 aromatic rings. The van der Waals surface area contributed by atoms with E-state index in [0.29, 0.717) is 12.4 Å². The lowest BCUT2D eigenvalue weighted by Gasteiger charge is -2.29. The van der Waals surface area contributed by atoms with Crippen LogP contribution in [0.25, 0.3) is 0 Å². The molecule has 4 heteroatoms. The fourth-order valence-electron chi connectivity index (χ4n) is 1.01. The average molecular weight is 173 g/mol. The van der Waals surface area contributed by atoms with Gasteiger partial charge in [-0.25, -0.2) is 0 Å². The highest BCUT2D eigenvalue weighted by Gasteiger charge is 2.28. The van der Waals surface area contributed by atoms with E-state index in [9.17, 15) is 0 Å². The molecule has 0 aliphatic rings. The van der Waals surface area contributed by atoms with Gasteiger partial charge < -0.3 is 16.3 Å². The molecule has 72 valence electrons. The van der Waals surface area contributed by atoms with Crippen LogP contribution in [-0.4, -0.2) is 18.5 Å². The highest BCUT2D eigenvalue weighted by Crippen LogP contribution is 2.22. The van der Waals surface area contributed by atoms with Crippen LogP contribution in [-0.2, 0) is 4.74 Å². The Morgan fingerprint density at radius 1 is 1.50 bits per heavy atom. The smallest absolute Gasteiger partial charge is 0.149 e. The summed E-state index contributed by atoms with van der Waals surface area (Å²) < 4.78 is 5.42. The maximum Gasteiger partial charge on any atom is 0.149 e. The highest BCUT2D eigenvalue weighted by atomic mass is 16.5. The zero-order chi connectivity index (χ0) is 9.78. The molecule has 0 aliphatic heterocycles. The first-order chi connectivity index (χ1) is 5.43. The Bertz CT molecular complexity index is 160. The van der Waals surface area contributed by atoms with E-state index >= 15 is 0 Å². The van der Waals surface area contributed by atoms with E-state index < -0.39 is 0 Å². The van der Waals surface area contributed by atoms with E-state index in [1.54, 1.807) is 0 Å².